The Labute approximate surface area is 156 Å². The van der Waals surface area contributed by atoms with Gasteiger partial charge in [-0.2, -0.15) is 0 Å². The van der Waals surface area contributed by atoms with E-state index in [9.17, 15) is 9.90 Å². The highest BCUT2D eigenvalue weighted by atomic mass is 16.4. The van der Waals surface area contributed by atoms with Crippen molar-refractivity contribution in [1.29, 1.82) is 0 Å². The fourth-order valence-electron chi connectivity index (χ4n) is 4.68. The van der Waals surface area contributed by atoms with E-state index in [1.807, 2.05) is 12.1 Å². The maximum absolute atomic E-state index is 11.2. The predicted octanol–water partition coefficient (Wildman–Crippen LogP) is 6.27. The van der Waals surface area contributed by atoms with Crippen molar-refractivity contribution in [3.63, 3.8) is 0 Å². The molecular formula is C24H28O2. The molecule has 2 nitrogen and oxygen atoms in total. The molecule has 0 bridgehead atoms. The first-order valence-corrected chi connectivity index (χ1v) is 9.46. The molecule has 4 atom stereocenters. The fourth-order valence-corrected chi connectivity index (χ4v) is 4.68. The minimum Gasteiger partial charge on any atom is -0.478 e. The van der Waals surface area contributed by atoms with E-state index in [2.05, 4.69) is 58.9 Å². The minimum atomic E-state index is -0.881. The summed E-state index contributed by atoms with van der Waals surface area (Å²) >= 11 is 0. The standard InChI is InChI=1S/C24H28O2/c1-6-20(18-10-12-19(13-11-18)24(25)26)23-17(5)15(3)16(4)22-14(2)8-7-9-21(22)23/h6-13,15-17,23H,1-5H3,(H,25,26)/b20-6+. The van der Waals surface area contributed by atoms with Crippen LogP contribution in [0.15, 0.2) is 48.5 Å². The van der Waals surface area contributed by atoms with Crippen LogP contribution in [-0.2, 0) is 0 Å². The van der Waals surface area contributed by atoms with E-state index in [1.165, 1.54) is 22.3 Å². The lowest BCUT2D eigenvalue weighted by Crippen LogP contribution is -2.30. The summed E-state index contributed by atoms with van der Waals surface area (Å²) < 4.78 is 0. The zero-order valence-corrected chi connectivity index (χ0v) is 16.3. The quantitative estimate of drug-likeness (QED) is 0.710. The van der Waals surface area contributed by atoms with Crippen molar-refractivity contribution in [3.05, 3.63) is 76.4 Å². The second-order valence-electron chi connectivity index (χ2n) is 7.69. The average Bonchev–Trinajstić information content (AvgIpc) is 2.63. The number of fused-ring (bicyclic) bond motifs is 1. The first-order chi connectivity index (χ1) is 12.4. The molecule has 2 aromatic carbocycles. The van der Waals surface area contributed by atoms with Crippen molar-refractivity contribution in [2.24, 2.45) is 11.8 Å². The molecule has 0 fully saturated rings. The molecule has 3 rings (SSSR count). The Bertz CT molecular complexity index is 845. The van der Waals surface area contributed by atoms with Crippen molar-refractivity contribution in [1.82, 2.24) is 0 Å². The van der Waals surface area contributed by atoms with Gasteiger partial charge in [-0.25, -0.2) is 4.79 Å². The van der Waals surface area contributed by atoms with Gasteiger partial charge in [-0.15, -0.1) is 0 Å². The van der Waals surface area contributed by atoms with Gasteiger partial charge >= 0.3 is 5.97 Å². The molecule has 0 aliphatic heterocycles. The molecule has 0 amide bonds. The molecule has 4 unspecified atom stereocenters. The highest BCUT2D eigenvalue weighted by Gasteiger charge is 2.38. The Morgan fingerprint density at radius 3 is 2.15 bits per heavy atom. The lowest BCUT2D eigenvalue weighted by molar-refractivity contribution is 0.0697. The molecule has 1 aliphatic carbocycles. The molecule has 0 spiro atoms. The van der Waals surface area contributed by atoms with E-state index in [4.69, 9.17) is 0 Å². The number of benzene rings is 2. The summed E-state index contributed by atoms with van der Waals surface area (Å²) in [4.78, 5) is 11.2. The molecule has 2 aromatic rings. The van der Waals surface area contributed by atoms with Gasteiger partial charge in [0, 0.05) is 5.92 Å². The van der Waals surface area contributed by atoms with Crippen molar-refractivity contribution < 1.29 is 9.90 Å². The highest BCUT2D eigenvalue weighted by molar-refractivity contribution is 5.88. The Balaban J connectivity index is 2.12. The number of aromatic carboxylic acids is 1. The lowest BCUT2D eigenvalue weighted by atomic mass is 9.62. The molecule has 0 radical (unpaired) electrons. The number of hydrogen-bond acceptors (Lipinski definition) is 1. The Hall–Kier alpha value is -2.35. The molecular weight excluding hydrogens is 320 g/mol. The van der Waals surface area contributed by atoms with E-state index in [-0.39, 0.29) is 0 Å². The number of aryl methyl sites for hydroxylation is 1. The zero-order valence-electron chi connectivity index (χ0n) is 16.3. The Morgan fingerprint density at radius 2 is 1.58 bits per heavy atom. The number of rotatable bonds is 3. The molecule has 136 valence electrons. The summed E-state index contributed by atoms with van der Waals surface area (Å²) in [5.41, 5.74) is 7.03. The van der Waals surface area contributed by atoms with Crippen molar-refractivity contribution in [3.8, 4) is 0 Å². The van der Waals surface area contributed by atoms with Gasteiger partial charge in [0.15, 0.2) is 0 Å². The number of allylic oxidation sites excluding steroid dienone is 2. The predicted molar refractivity (Wildman–Crippen MR) is 108 cm³/mol. The smallest absolute Gasteiger partial charge is 0.335 e. The Kier molecular flexibility index (Phi) is 5.04. The van der Waals surface area contributed by atoms with Crippen molar-refractivity contribution in [2.75, 3.05) is 0 Å². The van der Waals surface area contributed by atoms with Crippen LogP contribution in [-0.4, -0.2) is 11.1 Å². The highest BCUT2D eigenvalue weighted by Crippen LogP contribution is 2.51. The van der Waals surface area contributed by atoms with Crippen LogP contribution < -0.4 is 0 Å². The van der Waals surface area contributed by atoms with Crippen LogP contribution in [0.3, 0.4) is 0 Å². The van der Waals surface area contributed by atoms with Crippen LogP contribution in [0.2, 0.25) is 0 Å². The van der Waals surface area contributed by atoms with Crippen LogP contribution >= 0.6 is 0 Å². The maximum atomic E-state index is 11.2. The summed E-state index contributed by atoms with van der Waals surface area (Å²) in [6, 6.07) is 14.0. The largest absolute Gasteiger partial charge is 0.478 e. The number of carboxylic acids is 1. The van der Waals surface area contributed by atoms with Gasteiger partial charge in [0.2, 0.25) is 0 Å². The lowest BCUT2D eigenvalue weighted by Gasteiger charge is -2.42. The summed E-state index contributed by atoms with van der Waals surface area (Å²) in [5, 5.41) is 9.17. The third-order valence-electron chi connectivity index (χ3n) is 6.40. The van der Waals surface area contributed by atoms with E-state index < -0.39 is 5.97 Å². The van der Waals surface area contributed by atoms with Crippen LogP contribution in [0, 0.1) is 18.8 Å². The number of carbonyl (C=O) groups is 1. The monoisotopic (exact) mass is 348 g/mol. The second kappa shape index (κ2) is 7.11. The second-order valence-corrected chi connectivity index (χ2v) is 7.69. The van der Waals surface area contributed by atoms with E-state index in [0.29, 0.717) is 29.2 Å². The van der Waals surface area contributed by atoms with Crippen LogP contribution in [0.4, 0.5) is 0 Å². The van der Waals surface area contributed by atoms with Crippen LogP contribution in [0.25, 0.3) is 5.57 Å². The van der Waals surface area contributed by atoms with Gasteiger partial charge in [-0.3, -0.25) is 0 Å². The summed E-state index contributed by atoms with van der Waals surface area (Å²) in [6.45, 7) is 11.4. The fraction of sp³-hybridized carbons (Fsp3) is 0.375. The molecule has 0 saturated heterocycles. The van der Waals surface area contributed by atoms with E-state index in [0.717, 1.165) is 5.56 Å². The molecule has 0 heterocycles. The normalized spacial score (nSPS) is 25.7. The van der Waals surface area contributed by atoms with Gasteiger partial charge in [0.05, 0.1) is 5.56 Å². The summed E-state index contributed by atoms with van der Waals surface area (Å²) in [6.07, 6.45) is 2.20. The molecule has 26 heavy (non-hydrogen) atoms. The van der Waals surface area contributed by atoms with Gasteiger partial charge in [-0.1, -0.05) is 57.2 Å². The molecule has 1 aliphatic rings. The zero-order chi connectivity index (χ0) is 19.0. The number of carboxylic acid groups (broad SMARTS) is 1. The van der Waals surface area contributed by atoms with Crippen LogP contribution in [0.5, 0.6) is 0 Å². The Morgan fingerprint density at radius 1 is 0.962 bits per heavy atom. The topological polar surface area (TPSA) is 37.3 Å². The van der Waals surface area contributed by atoms with Gasteiger partial charge in [0.1, 0.15) is 0 Å². The van der Waals surface area contributed by atoms with E-state index >= 15 is 0 Å². The minimum absolute atomic E-state index is 0.330. The average molecular weight is 348 g/mol. The molecule has 0 saturated carbocycles. The first-order valence-electron chi connectivity index (χ1n) is 9.46. The third kappa shape index (κ3) is 2.98. The van der Waals surface area contributed by atoms with Gasteiger partial charge in [0.25, 0.3) is 0 Å². The number of hydrogen-bond donors (Lipinski definition) is 1. The van der Waals surface area contributed by atoms with Crippen LogP contribution in [0.1, 0.15) is 72.1 Å². The molecule has 2 heteroatoms. The van der Waals surface area contributed by atoms with Gasteiger partial charge < -0.3 is 5.11 Å². The summed E-state index contributed by atoms with van der Waals surface area (Å²) in [5.74, 6) is 1.10. The van der Waals surface area contributed by atoms with E-state index in [1.54, 1.807) is 12.1 Å². The maximum Gasteiger partial charge on any atom is 0.335 e. The van der Waals surface area contributed by atoms with Crippen molar-refractivity contribution in [2.45, 2.75) is 46.5 Å². The summed E-state index contributed by atoms with van der Waals surface area (Å²) in [7, 11) is 0. The first kappa shape index (κ1) is 18.4. The van der Waals surface area contributed by atoms with Crippen molar-refractivity contribution >= 4 is 11.5 Å². The molecule has 1 N–H and O–H groups in total. The SMILES string of the molecule is C/C=C(\c1ccc(C(=O)O)cc1)C1c2cccc(C)c2C(C)C(C)C1C. The third-order valence-corrected chi connectivity index (χ3v) is 6.40. The van der Waals surface area contributed by atoms with Gasteiger partial charge in [-0.05, 0) is 71.6 Å². The molecule has 0 aromatic heterocycles.